The monoisotopic (exact) mass is 722 g/mol. The molecule has 0 saturated heterocycles. The molecule has 1 aliphatic rings. The van der Waals surface area contributed by atoms with E-state index in [0.717, 1.165) is 21.2 Å². The van der Waals surface area contributed by atoms with Gasteiger partial charge in [0, 0.05) is 15.7 Å². The van der Waals surface area contributed by atoms with Gasteiger partial charge in [0.2, 0.25) is 0 Å². The van der Waals surface area contributed by atoms with Gasteiger partial charge in [-0.3, -0.25) is 5.43 Å². The number of methoxy groups -OCH3 is 2. The van der Waals surface area contributed by atoms with Gasteiger partial charge in [0.15, 0.2) is 29.2 Å². The van der Waals surface area contributed by atoms with Crippen LogP contribution in [0.25, 0.3) is 0 Å². The number of hydrogen-bond acceptors (Lipinski definition) is 10. The van der Waals surface area contributed by atoms with Crippen molar-refractivity contribution in [2.45, 2.75) is 39.1 Å². The van der Waals surface area contributed by atoms with Crippen molar-refractivity contribution >= 4 is 34.1 Å². The fourth-order valence-electron chi connectivity index (χ4n) is 4.94. The summed E-state index contributed by atoms with van der Waals surface area (Å²) in [5, 5.41) is 20.1. The minimum absolute atomic E-state index is 0.166. The molecule has 0 aliphatic carbocycles. The molecule has 48 heavy (non-hydrogen) atoms. The number of hydrogen-bond donors (Lipinski definition) is 4. The highest BCUT2D eigenvalue weighted by Gasteiger charge is 2.32. The van der Waals surface area contributed by atoms with Crippen molar-refractivity contribution in [2.75, 3.05) is 27.4 Å². The molecule has 1 aliphatic heterocycles. The fraction of sp³-hybridized carbons (Fsp3) is 0.286. The lowest BCUT2D eigenvalue weighted by molar-refractivity contribution is -0.136. The third-order valence-electron chi connectivity index (χ3n) is 7.14. The van der Waals surface area contributed by atoms with Gasteiger partial charge in [-0.25, -0.2) is 9.59 Å². The summed E-state index contributed by atoms with van der Waals surface area (Å²) in [6.45, 7) is 7.83. The normalized spacial score (nSPS) is 14.9. The zero-order valence-electron chi connectivity index (χ0n) is 27.2. The first-order chi connectivity index (χ1) is 23.2. The van der Waals surface area contributed by atoms with Crippen molar-refractivity contribution < 1.29 is 38.4 Å². The Kier molecular flexibility index (Phi) is 12.9. The van der Waals surface area contributed by atoms with Crippen LogP contribution in [0.15, 0.2) is 88.1 Å². The molecule has 254 valence electrons. The molecule has 3 aromatic carbocycles. The Morgan fingerprint density at radius 1 is 1.08 bits per heavy atom. The molecule has 0 saturated carbocycles. The lowest BCUT2D eigenvalue weighted by Crippen LogP contribution is -2.45. The van der Waals surface area contributed by atoms with Crippen LogP contribution in [0.1, 0.15) is 42.1 Å². The first-order valence-electron chi connectivity index (χ1n) is 15.1. The van der Waals surface area contributed by atoms with Crippen molar-refractivity contribution in [2.24, 2.45) is 5.10 Å². The molecule has 12 nitrogen and oxygen atoms in total. The minimum Gasteiger partial charge on any atom is -0.493 e. The number of ether oxygens (including phenoxy) is 5. The van der Waals surface area contributed by atoms with Crippen molar-refractivity contribution in [3.63, 3.8) is 0 Å². The van der Waals surface area contributed by atoms with Gasteiger partial charge in [0.25, 0.3) is 0 Å². The molecule has 0 radical (unpaired) electrons. The van der Waals surface area contributed by atoms with E-state index in [0.29, 0.717) is 53.9 Å². The van der Waals surface area contributed by atoms with E-state index in [9.17, 15) is 14.7 Å². The third-order valence-corrected chi connectivity index (χ3v) is 7.67. The number of nitrogens with one attached hydrogen (secondary N) is 3. The number of hydrazone groups is 1. The Labute approximate surface area is 287 Å². The average Bonchev–Trinajstić information content (AvgIpc) is 3.07. The second-order valence-corrected chi connectivity index (χ2v) is 11.5. The predicted octanol–water partition coefficient (Wildman–Crippen LogP) is 5.29. The standard InChI is InChI=1S/C35H39BrN4O8/c1-6-8-25-15-23(16-29(44-4)33(25)48-19-22-9-12-26(36)13-10-22)18-37-40-30(41)20-47-27-14-11-24(17-28(27)46-7-2)32-31(34(42)45-5)21(3)38-35(43)39-32/h6,9-18,30,32,40-41H,1,7-8,19-20H2,2-5H3,(H2,38,39,43)/b37-18-/t30-,32-/m1/s1. The van der Waals surface area contributed by atoms with E-state index in [2.05, 4.69) is 43.7 Å². The number of rotatable bonds is 16. The topological polar surface area (TPSA) is 149 Å². The van der Waals surface area contributed by atoms with Gasteiger partial charge in [-0.1, -0.05) is 40.2 Å². The van der Waals surface area contributed by atoms with Gasteiger partial charge in [-0.05, 0) is 73.4 Å². The van der Waals surface area contributed by atoms with E-state index in [-0.39, 0.29) is 12.2 Å². The Balaban J connectivity index is 1.42. The third kappa shape index (κ3) is 9.29. The van der Waals surface area contributed by atoms with Gasteiger partial charge < -0.3 is 39.4 Å². The Hall–Kier alpha value is -5.01. The van der Waals surface area contributed by atoms with Crippen LogP contribution in [0.3, 0.4) is 0 Å². The predicted molar refractivity (Wildman–Crippen MR) is 184 cm³/mol. The van der Waals surface area contributed by atoms with E-state index >= 15 is 0 Å². The Bertz CT molecular complexity index is 1680. The zero-order chi connectivity index (χ0) is 34.6. The summed E-state index contributed by atoms with van der Waals surface area (Å²) in [6.07, 6.45) is 2.71. The first-order valence-corrected chi connectivity index (χ1v) is 15.9. The summed E-state index contributed by atoms with van der Waals surface area (Å²) in [5.41, 5.74) is 6.49. The molecule has 4 N–H and O–H groups in total. The maximum atomic E-state index is 12.5. The smallest absolute Gasteiger partial charge is 0.337 e. The number of carbonyl (C=O) groups excluding carboxylic acids is 2. The zero-order valence-corrected chi connectivity index (χ0v) is 28.8. The minimum atomic E-state index is -1.17. The number of urea groups is 1. The first kappa shape index (κ1) is 35.8. The van der Waals surface area contributed by atoms with Crippen LogP contribution in [-0.2, 0) is 22.6 Å². The number of allylic oxidation sites excluding steroid dienone is 2. The number of nitrogens with zero attached hydrogens (tertiary/aromatic N) is 1. The van der Waals surface area contributed by atoms with Crippen LogP contribution in [0.5, 0.6) is 23.0 Å². The molecule has 4 rings (SSSR count). The molecular weight excluding hydrogens is 684 g/mol. The number of halogens is 1. The van der Waals surface area contributed by atoms with Crippen LogP contribution >= 0.6 is 15.9 Å². The molecular formula is C35H39BrN4O8. The Morgan fingerprint density at radius 2 is 1.85 bits per heavy atom. The van der Waals surface area contributed by atoms with Crippen molar-refractivity contribution in [1.82, 2.24) is 16.1 Å². The van der Waals surface area contributed by atoms with Crippen molar-refractivity contribution in [1.29, 1.82) is 0 Å². The van der Waals surface area contributed by atoms with E-state index < -0.39 is 24.3 Å². The summed E-state index contributed by atoms with van der Waals surface area (Å²) >= 11 is 3.44. The number of carbonyl (C=O) groups is 2. The van der Waals surface area contributed by atoms with Gasteiger partial charge in [-0.2, -0.15) is 5.10 Å². The quantitative estimate of drug-likeness (QED) is 0.0509. The molecule has 0 unspecified atom stereocenters. The summed E-state index contributed by atoms with van der Waals surface area (Å²) in [6, 6.07) is 15.4. The van der Waals surface area contributed by atoms with E-state index in [1.165, 1.54) is 7.11 Å². The lowest BCUT2D eigenvalue weighted by Gasteiger charge is -2.28. The van der Waals surface area contributed by atoms with Gasteiger partial charge in [0.05, 0.1) is 38.7 Å². The summed E-state index contributed by atoms with van der Waals surface area (Å²) in [7, 11) is 2.85. The number of benzene rings is 3. The number of esters is 1. The van der Waals surface area contributed by atoms with Crippen LogP contribution in [-0.4, -0.2) is 57.0 Å². The summed E-state index contributed by atoms with van der Waals surface area (Å²) in [5.74, 6) is 1.30. The largest absolute Gasteiger partial charge is 0.493 e. The van der Waals surface area contributed by atoms with Crippen LogP contribution in [0, 0.1) is 0 Å². The molecule has 1 heterocycles. The molecule has 0 aromatic heterocycles. The maximum Gasteiger partial charge on any atom is 0.337 e. The second kappa shape index (κ2) is 17.2. The van der Waals surface area contributed by atoms with Crippen molar-refractivity contribution in [3.05, 3.63) is 105 Å². The molecule has 2 atom stereocenters. The number of amides is 2. The van der Waals surface area contributed by atoms with Crippen LogP contribution in [0.2, 0.25) is 0 Å². The number of aliphatic hydroxyl groups excluding tert-OH is 1. The molecule has 3 aromatic rings. The lowest BCUT2D eigenvalue weighted by atomic mass is 9.95. The van der Waals surface area contributed by atoms with Crippen LogP contribution in [0.4, 0.5) is 4.79 Å². The highest BCUT2D eigenvalue weighted by atomic mass is 79.9. The van der Waals surface area contributed by atoms with Gasteiger partial charge in [0.1, 0.15) is 13.2 Å². The summed E-state index contributed by atoms with van der Waals surface area (Å²) in [4.78, 5) is 24.7. The molecule has 0 bridgehead atoms. The van der Waals surface area contributed by atoms with Crippen molar-refractivity contribution in [3.8, 4) is 23.0 Å². The highest BCUT2D eigenvalue weighted by Crippen LogP contribution is 2.36. The summed E-state index contributed by atoms with van der Waals surface area (Å²) < 4.78 is 29.3. The number of aliphatic hydroxyl groups is 1. The van der Waals surface area contributed by atoms with E-state index in [4.69, 9.17) is 23.7 Å². The highest BCUT2D eigenvalue weighted by molar-refractivity contribution is 9.10. The molecule has 0 spiro atoms. The van der Waals surface area contributed by atoms with Crippen LogP contribution < -0.4 is 35.0 Å². The Morgan fingerprint density at radius 3 is 2.54 bits per heavy atom. The van der Waals surface area contributed by atoms with E-state index in [1.54, 1.807) is 50.6 Å². The maximum absolute atomic E-state index is 12.5. The molecule has 0 fully saturated rings. The SMILES string of the molecule is C=CCc1cc(/C=N\N[C@H](O)COc2ccc([C@H]3NC(=O)NC(C)=C3C(=O)OC)cc2OCC)cc(OC)c1OCc1ccc(Br)cc1. The second-order valence-electron chi connectivity index (χ2n) is 10.5. The van der Waals surface area contributed by atoms with Gasteiger partial charge in [-0.15, -0.1) is 6.58 Å². The fourth-order valence-corrected chi connectivity index (χ4v) is 5.20. The van der Waals surface area contributed by atoms with Gasteiger partial charge >= 0.3 is 12.0 Å². The molecule has 13 heteroatoms. The average molecular weight is 724 g/mol. The molecule has 2 amide bonds. The van der Waals surface area contributed by atoms with E-state index in [1.807, 2.05) is 37.3 Å².